The molecule has 0 unspecified atom stereocenters. The minimum Gasteiger partial charge on any atom is -0.315 e. The second-order valence-corrected chi connectivity index (χ2v) is 5.08. The highest BCUT2D eigenvalue weighted by molar-refractivity contribution is 6.04. The summed E-state index contributed by atoms with van der Waals surface area (Å²) in [5.74, 6) is 1.57. The van der Waals surface area contributed by atoms with Crippen LogP contribution in [0.15, 0.2) is 42.5 Å². The number of amides is 1. The van der Waals surface area contributed by atoms with Gasteiger partial charge in [0.15, 0.2) is 6.19 Å². The van der Waals surface area contributed by atoms with Crippen LogP contribution in [-0.4, -0.2) is 10.8 Å². The van der Waals surface area contributed by atoms with Crippen molar-refractivity contribution in [2.45, 2.75) is 13.1 Å². The molecule has 1 heterocycles. The monoisotopic (exact) mass is 287 g/mol. The van der Waals surface area contributed by atoms with Crippen LogP contribution in [0.25, 0.3) is 11.1 Å². The summed E-state index contributed by atoms with van der Waals surface area (Å²) in [5.41, 5.74) is 4.88. The number of rotatable bonds is 2. The first-order valence-corrected chi connectivity index (χ1v) is 6.84. The molecule has 0 bridgehead atoms. The van der Waals surface area contributed by atoms with Crippen LogP contribution >= 0.6 is 0 Å². The smallest absolute Gasteiger partial charge is 0.300 e. The van der Waals surface area contributed by atoms with Crippen molar-refractivity contribution in [3.05, 3.63) is 53.6 Å². The maximum absolute atomic E-state index is 11.4. The molecule has 0 saturated heterocycles. The van der Waals surface area contributed by atoms with Crippen molar-refractivity contribution in [3.63, 3.8) is 0 Å². The van der Waals surface area contributed by atoms with Gasteiger partial charge < -0.3 is 10.2 Å². The summed E-state index contributed by atoms with van der Waals surface area (Å²) in [5, 5.41) is 11.8. The Morgan fingerprint density at radius 2 is 2.00 bits per heavy atom. The number of benzene rings is 2. The van der Waals surface area contributed by atoms with Crippen molar-refractivity contribution in [3.8, 4) is 29.7 Å². The van der Waals surface area contributed by atoms with Crippen molar-refractivity contribution in [2.24, 2.45) is 0 Å². The van der Waals surface area contributed by atoms with Gasteiger partial charge in [-0.3, -0.25) is 4.79 Å². The molecule has 2 aromatic rings. The van der Waals surface area contributed by atoms with E-state index in [1.807, 2.05) is 48.4 Å². The minimum atomic E-state index is -0.478. The van der Waals surface area contributed by atoms with Crippen molar-refractivity contribution >= 4 is 11.6 Å². The third-order valence-corrected chi connectivity index (χ3v) is 3.67. The molecule has 1 aliphatic rings. The summed E-state index contributed by atoms with van der Waals surface area (Å²) in [6, 6.07) is 13.7. The number of nitriles is 1. The van der Waals surface area contributed by atoms with Crippen LogP contribution in [-0.2, 0) is 17.9 Å². The Balaban J connectivity index is 2.10. The van der Waals surface area contributed by atoms with Gasteiger partial charge in [-0.1, -0.05) is 30.3 Å². The van der Waals surface area contributed by atoms with E-state index in [-0.39, 0.29) is 0 Å². The van der Waals surface area contributed by atoms with Gasteiger partial charge in [-0.05, 0) is 40.3 Å². The van der Waals surface area contributed by atoms with Gasteiger partial charge in [0.25, 0.3) is 5.91 Å². The molecule has 0 saturated carbocycles. The lowest BCUT2D eigenvalue weighted by Crippen LogP contribution is -2.08. The van der Waals surface area contributed by atoms with E-state index >= 15 is 0 Å². The van der Waals surface area contributed by atoms with Gasteiger partial charge in [-0.2, -0.15) is 5.26 Å². The average Bonchev–Trinajstić information content (AvgIpc) is 2.98. The van der Waals surface area contributed by atoms with Gasteiger partial charge in [0, 0.05) is 5.69 Å². The molecule has 1 amide bonds. The summed E-state index contributed by atoms with van der Waals surface area (Å²) >= 11 is 0. The Morgan fingerprint density at radius 1 is 1.23 bits per heavy atom. The zero-order valence-corrected chi connectivity index (χ0v) is 11.8. The van der Waals surface area contributed by atoms with E-state index in [9.17, 15) is 4.79 Å². The van der Waals surface area contributed by atoms with Gasteiger partial charge in [0.05, 0.1) is 13.1 Å². The van der Waals surface area contributed by atoms with E-state index in [0.717, 1.165) is 22.3 Å². The van der Waals surface area contributed by atoms with Gasteiger partial charge >= 0.3 is 0 Å². The van der Waals surface area contributed by atoms with Crippen LogP contribution in [0, 0.1) is 23.8 Å². The number of terminal acetylenes is 1. The predicted octanol–water partition coefficient (Wildman–Crippen LogP) is 2.72. The first-order chi connectivity index (χ1) is 10.7. The van der Waals surface area contributed by atoms with Crippen LogP contribution in [0.2, 0.25) is 0 Å². The molecule has 0 atom stereocenters. The number of carbonyl (C=O) groups excluding carboxylic acids is 1. The largest absolute Gasteiger partial charge is 0.315 e. The Hall–Kier alpha value is -3.24. The van der Waals surface area contributed by atoms with Crippen LogP contribution in [0.4, 0.5) is 5.69 Å². The summed E-state index contributed by atoms with van der Waals surface area (Å²) in [4.78, 5) is 13.1. The van der Waals surface area contributed by atoms with E-state index in [4.69, 9.17) is 11.7 Å². The van der Waals surface area contributed by atoms with Gasteiger partial charge in [0.2, 0.25) is 0 Å². The van der Waals surface area contributed by atoms with E-state index in [1.165, 1.54) is 0 Å². The molecule has 0 radical (unpaired) electrons. The number of carbonyl (C=O) groups is 1. The van der Waals surface area contributed by atoms with Crippen LogP contribution in [0.5, 0.6) is 0 Å². The topological polar surface area (TPSA) is 56.1 Å². The molecule has 0 aliphatic carbocycles. The Bertz CT molecular complexity index is 813. The molecule has 0 fully saturated rings. The molecule has 3 rings (SSSR count). The van der Waals surface area contributed by atoms with Crippen molar-refractivity contribution in [1.82, 2.24) is 4.90 Å². The lowest BCUT2D eigenvalue weighted by molar-refractivity contribution is -0.111. The number of anilines is 1. The molecule has 0 spiro atoms. The number of hydrogen-bond donors (Lipinski definition) is 1. The molecule has 106 valence electrons. The summed E-state index contributed by atoms with van der Waals surface area (Å²) in [7, 11) is 0. The van der Waals surface area contributed by atoms with E-state index < -0.39 is 5.91 Å². The summed E-state index contributed by atoms with van der Waals surface area (Å²) < 4.78 is 0. The van der Waals surface area contributed by atoms with Crippen molar-refractivity contribution in [1.29, 1.82) is 5.26 Å². The number of fused-ring (bicyclic) bond motifs is 1. The third-order valence-electron chi connectivity index (χ3n) is 3.67. The molecular formula is C18H13N3O. The van der Waals surface area contributed by atoms with E-state index in [2.05, 4.69) is 11.5 Å². The molecule has 2 aromatic carbocycles. The number of nitrogens with zero attached hydrogens (tertiary/aromatic N) is 2. The zero-order valence-electron chi connectivity index (χ0n) is 11.8. The van der Waals surface area contributed by atoms with E-state index in [1.54, 1.807) is 4.90 Å². The van der Waals surface area contributed by atoms with Gasteiger partial charge in [-0.25, -0.2) is 0 Å². The molecule has 22 heavy (non-hydrogen) atoms. The van der Waals surface area contributed by atoms with Crippen molar-refractivity contribution in [2.75, 3.05) is 5.32 Å². The molecule has 0 aromatic heterocycles. The van der Waals surface area contributed by atoms with Crippen LogP contribution < -0.4 is 5.32 Å². The second kappa shape index (κ2) is 5.63. The highest BCUT2D eigenvalue weighted by Gasteiger charge is 2.22. The molecule has 1 N–H and O–H groups in total. The van der Waals surface area contributed by atoms with Crippen molar-refractivity contribution < 1.29 is 4.79 Å². The standard InChI is InChI=1S/C18H13N3O/c1-2-18(22)20-15-8-14-10-21(12-19)11-17(14)16(9-15)13-6-4-3-5-7-13/h1,3-9H,10-11H2,(H,20,22). The Morgan fingerprint density at radius 3 is 2.68 bits per heavy atom. The fourth-order valence-electron chi connectivity index (χ4n) is 2.70. The predicted molar refractivity (Wildman–Crippen MR) is 84.2 cm³/mol. The number of nitrogens with one attached hydrogen (secondary N) is 1. The first-order valence-electron chi connectivity index (χ1n) is 6.84. The molecule has 4 heteroatoms. The van der Waals surface area contributed by atoms with E-state index in [0.29, 0.717) is 18.8 Å². The van der Waals surface area contributed by atoms with Crippen LogP contribution in [0.1, 0.15) is 11.1 Å². The second-order valence-electron chi connectivity index (χ2n) is 5.08. The fourth-order valence-corrected chi connectivity index (χ4v) is 2.70. The third kappa shape index (κ3) is 2.51. The fraction of sp³-hybridized carbons (Fsp3) is 0.111. The highest BCUT2D eigenvalue weighted by Crippen LogP contribution is 2.35. The summed E-state index contributed by atoms with van der Waals surface area (Å²) in [6.45, 7) is 1.13. The normalized spacial score (nSPS) is 12.2. The number of hydrogen-bond acceptors (Lipinski definition) is 3. The van der Waals surface area contributed by atoms with Crippen LogP contribution in [0.3, 0.4) is 0 Å². The maximum Gasteiger partial charge on any atom is 0.300 e. The Labute approximate surface area is 129 Å². The maximum atomic E-state index is 11.4. The average molecular weight is 287 g/mol. The lowest BCUT2D eigenvalue weighted by atomic mass is 9.96. The van der Waals surface area contributed by atoms with Gasteiger partial charge in [0.1, 0.15) is 0 Å². The quantitative estimate of drug-likeness (QED) is 0.682. The molecular weight excluding hydrogens is 274 g/mol. The molecule has 4 nitrogen and oxygen atoms in total. The van der Waals surface area contributed by atoms with Gasteiger partial charge in [-0.15, -0.1) is 6.42 Å². The minimum absolute atomic E-state index is 0.478. The highest BCUT2D eigenvalue weighted by atomic mass is 16.1. The first kappa shape index (κ1) is 13.7. The molecule has 1 aliphatic heterocycles. The Kier molecular flexibility index (Phi) is 3.52. The zero-order chi connectivity index (χ0) is 15.5. The summed E-state index contributed by atoms with van der Waals surface area (Å²) in [6.07, 6.45) is 7.29. The SMILES string of the molecule is C#CC(=O)Nc1cc2c(c(-c3ccccc3)c1)CN(C#N)C2. The lowest BCUT2D eigenvalue weighted by Gasteiger charge is -2.11.